The Morgan fingerprint density at radius 3 is 1.29 bits per heavy atom. The third kappa shape index (κ3) is 4.72. The molecule has 0 amide bonds. The standard InChI is InChI=1S/2C8H11NO.2C5H5.Zr/c2*1-9(2)7-3-5-8(10)6-4-7;2*1-2-4-5-3-1;/h2*3-6,10H,1-2H3;2*1-3H,4H2;/q;;;;+2/p-2. The maximum atomic E-state index is 6.93. The number of rotatable bonds is 8. The molecular formula is C26H30N2O2Zr. The molecule has 160 valence electrons. The van der Waals surface area contributed by atoms with Crippen LogP contribution in [0.15, 0.2) is 91.5 Å². The molecule has 0 fully saturated rings. The third-order valence-corrected chi connectivity index (χ3v) is 14.2. The van der Waals surface area contributed by atoms with Gasteiger partial charge in [-0.1, -0.05) is 0 Å². The molecule has 0 unspecified atom stereocenters. The van der Waals surface area contributed by atoms with Gasteiger partial charge in [0.1, 0.15) is 0 Å². The van der Waals surface area contributed by atoms with Crippen molar-refractivity contribution in [2.24, 2.45) is 0 Å². The predicted molar refractivity (Wildman–Crippen MR) is 126 cm³/mol. The van der Waals surface area contributed by atoms with Crippen LogP contribution in [0.5, 0.6) is 11.5 Å². The SMILES string of the molecule is CN(C)c1ccc([O][Zr]([O]c2ccc(N(C)C)cc2)([C]2=CC=CC2)[C]2=CC=CC2)cc1. The van der Waals surface area contributed by atoms with E-state index in [-0.39, 0.29) is 0 Å². The van der Waals surface area contributed by atoms with Crippen molar-refractivity contribution >= 4 is 11.4 Å². The molecule has 0 spiro atoms. The van der Waals surface area contributed by atoms with E-state index < -0.39 is 21.1 Å². The average Bonchev–Trinajstić information content (AvgIpc) is 3.49. The molecule has 0 N–H and O–H groups in total. The molecule has 0 saturated heterocycles. The molecule has 0 aromatic heterocycles. The van der Waals surface area contributed by atoms with E-state index in [1.165, 1.54) is 6.56 Å². The minimum absolute atomic E-state index is 0.868. The van der Waals surface area contributed by atoms with Crippen molar-refractivity contribution in [2.75, 3.05) is 38.0 Å². The first-order chi connectivity index (χ1) is 15.0. The molecule has 2 aliphatic rings. The fourth-order valence-corrected chi connectivity index (χ4v) is 12.0. The number of anilines is 2. The van der Waals surface area contributed by atoms with E-state index in [0.717, 1.165) is 35.7 Å². The summed E-state index contributed by atoms with van der Waals surface area (Å²) in [5.41, 5.74) is 2.30. The summed E-state index contributed by atoms with van der Waals surface area (Å²) in [5, 5.41) is 0. The van der Waals surface area contributed by atoms with Gasteiger partial charge in [0.25, 0.3) is 0 Å². The van der Waals surface area contributed by atoms with Crippen molar-refractivity contribution in [3.8, 4) is 11.5 Å². The van der Waals surface area contributed by atoms with Gasteiger partial charge in [-0.2, -0.15) is 0 Å². The fraction of sp³-hybridized carbons (Fsp3) is 0.231. The molecule has 31 heavy (non-hydrogen) atoms. The van der Waals surface area contributed by atoms with Gasteiger partial charge in [0, 0.05) is 0 Å². The van der Waals surface area contributed by atoms with Crippen LogP contribution in [0.1, 0.15) is 12.8 Å². The van der Waals surface area contributed by atoms with Crippen LogP contribution in [0.25, 0.3) is 0 Å². The van der Waals surface area contributed by atoms with Gasteiger partial charge in [0.2, 0.25) is 0 Å². The molecular weight excluding hydrogens is 464 g/mol. The molecule has 0 saturated carbocycles. The average molecular weight is 494 g/mol. The van der Waals surface area contributed by atoms with Crippen LogP contribution in [0.4, 0.5) is 11.4 Å². The molecule has 0 aliphatic heterocycles. The van der Waals surface area contributed by atoms with Crippen LogP contribution in [0.3, 0.4) is 0 Å². The summed E-state index contributed by atoms with van der Waals surface area (Å²) in [6.45, 7) is 0. The number of nitrogens with zero attached hydrogens (tertiary/aromatic N) is 2. The first-order valence-electron chi connectivity index (χ1n) is 10.6. The molecule has 0 bridgehead atoms. The van der Waals surface area contributed by atoms with Gasteiger partial charge in [0.05, 0.1) is 0 Å². The molecule has 2 aromatic rings. The van der Waals surface area contributed by atoms with Gasteiger partial charge in [-0.05, 0) is 0 Å². The Morgan fingerprint density at radius 2 is 1.00 bits per heavy atom. The molecule has 0 radical (unpaired) electrons. The summed E-state index contributed by atoms with van der Waals surface area (Å²) in [6.07, 6.45) is 14.8. The van der Waals surface area contributed by atoms with E-state index in [9.17, 15) is 0 Å². The molecule has 2 aromatic carbocycles. The van der Waals surface area contributed by atoms with Gasteiger partial charge in [0.15, 0.2) is 0 Å². The van der Waals surface area contributed by atoms with Crippen molar-refractivity contribution in [1.29, 1.82) is 0 Å². The van der Waals surface area contributed by atoms with E-state index in [1.807, 2.05) is 28.2 Å². The monoisotopic (exact) mass is 492 g/mol. The number of allylic oxidation sites excluding steroid dienone is 8. The van der Waals surface area contributed by atoms with Gasteiger partial charge >= 0.3 is 192 Å². The maximum absolute atomic E-state index is 6.93. The zero-order valence-corrected chi connectivity index (χ0v) is 21.2. The van der Waals surface area contributed by atoms with Crippen molar-refractivity contribution in [2.45, 2.75) is 12.8 Å². The normalized spacial score (nSPS) is 15.0. The Hall–Kier alpha value is -2.52. The first kappa shape index (κ1) is 21.7. The van der Waals surface area contributed by atoms with Crippen molar-refractivity contribution < 1.29 is 26.8 Å². The second-order valence-corrected chi connectivity index (χ2v) is 15.4. The summed E-state index contributed by atoms with van der Waals surface area (Å²) < 4.78 is 16.5. The van der Waals surface area contributed by atoms with E-state index in [1.54, 1.807) is 0 Å². The van der Waals surface area contributed by atoms with Crippen LogP contribution in [0.2, 0.25) is 0 Å². The third-order valence-electron chi connectivity index (χ3n) is 5.62. The quantitative estimate of drug-likeness (QED) is 0.454. The summed E-state index contributed by atoms with van der Waals surface area (Å²) in [4.78, 5) is 4.19. The first-order valence-corrected chi connectivity index (χ1v) is 15.1. The van der Waals surface area contributed by atoms with E-state index in [4.69, 9.17) is 5.63 Å². The number of hydrogen-bond acceptors (Lipinski definition) is 4. The molecule has 4 nitrogen and oxygen atoms in total. The number of hydrogen-bond donors (Lipinski definition) is 0. The zero-order chi connectivity index (χ0) is 21.8. The van der Waals surface area contributed by atoms with Crippen LogP contribution < -0.4 is 15.4 Å². The Labute approximate surface area is 191 Å². The fourth-order valence-electron chi connectivity index (χ4n) is 3.83. The topological polar surface area (TPSA) is 24.9 Å². The van der Waals surface area contributed by atoms with Gasteiger partial charge < -0.3 is 0 Å². The van der Waals surface area contributed by atoms with Gasteiger partial charge in [-0.3, -0.25) is 0 Å². The zero-order valence-electron chi connectivity index (χ0n) is 18.7. The second-order valence-electron chi connectivity index (χ2n) is 8.25. The summed E-state index contributed by atoms with van der Waals surface area (Å²) in [5.74, 6) is 1.74. The summed E-state index contributed by atoms with van der Waals surface area (Å²) in [6, 6.07) is 16.6. The predicted octanol–water partition coefficient (Wildman–Crippen LogP) is 5.95. The molecule has 0 atom stereocenters. The molecule has 0 heterocycles. The van der Waals surface area contributed by atoms with Crippen molar-refractivity contribution in [1.82, 2.24) is 0 Å². The van der Waals surface area contributed by atoms with Crippen LogP contribution in [-0.2, 0) is 21.1 Å². The van der Waals surface area contributed by atoms with Crippen molar-refractivity contribution in [3.63, 3.8) is 0 Å². The van der Waals surface area contributed by atoms with Crippen LogP contribution >= 0.6 is 0 Å². The Kier molecular flexibility index (Phi) is 6.52. The van der Waals surface area contributed by atoms with E-state index in [2.05, 4.69) is 94.8 Å². The summed E-state index contributed by atoms with van der Waals surface area (Å²) >= 11 is -3.92. The van der Waals surface area contributed by atoms with E-state index in [0.29, 0.717) is 0 Å². The number of benzene rings is 2. The van der Waals surface area contributed by atoms with Gasteiger partial charge in [-0.25, -0.2) is 0 Å². The Bertz CT molecular complexity index is 947. The Balaban J connectivity index is 1.73. The van der Waals surface area contributed by atoms with Gasteiger partial charge in [-0.15, -0.1) is 0 Å². The minimum atomic E-state index is -3.92. The van der Waals surface area contributed by atoms with E-state index >= 15 is 0 Å². The van der Waals surface area contributed by atoms with Crippen molar-refractivity contribution in [3.05, 3.63) is 91.5 Å². The van der Waals surface area contributed by atoms with Crippen LogP contribution in [-0.4, -0.2) is 28.2 Å². The summed E-state index contributed by atoms with van der Waals surface area (Å²) in [7, 11) is 8.18. The molecule has 5 heteroatoms. The molecule has 4 rings (SSSR count). The van der Waals surface area contributed by atoms with Crippen LogP contribution in [0, 0.1) is 0 Å². The molecule has 2 aliphatic carbocycles. The Morgan fingerprint density at radius 1 is 0.613 bits per heavy atom. The second kappa shape index (κ2) is 9.32.